The molecule has 0 radical (unpaired) electrons. The van der Waals surface area contributed by atoms with Gasteiger partial charge in [0.25, 0.3) is 0 Å². The first-order valence-electron chi connectivity index (χ1n) is 4.47. The van der Waals surface area contributed by atoms with Crippen molar-refractivity contribution in [2.75, 3.05) is 0 Å². The van der Waals surface area contributed by atoms with Crippen LogP contribution in [0.15, 0.2) is 29.0 Å². The molecule has 4 nitrogen and oxygen atoms in total. The lowest BCUT2D eigenvalue weighted by atomic mass is 10.1. The van der Waals surface area contributed by atoms with Crippen LogP contribution in [0.2, 0.25) is 0 Å². The summed E-state index contributed by atoms with van der Waals surface area (Å²) in [6.07, 6.45) is 3.55. The fourth-order valence-corrected chi connectivity index (χ4v) is 1.54. The van der Waals surface area contributed by atoms with E-state index in [0.717, 1.165) is 17.0 Å². The molecular formula is C10H13N3O. The van der Waals surface area contributed by atoms with Gasteiger partial charge in [-0.15, -0.1) is 0 Å². The highest BCUT2D eigenvalue weighted by atomic mass is 16.3. The van der Waals surface area contributed by atoms with Crippen molar-refractivity contribution in [3.63, 3.8) is 0 Å². The van der Waals surface area contributed by atoms with Gasteiger partial charge in [0.15, 0.2) is 0 Å². The van der Waals surface area contributed by atoms with E-state index in [0.29, 0.717) is 0 Å². The summed E-state index contributed by atoms with van der Waals surface area (Å²) in [5, 5.41) is 4.24. The van der Waals surface area contributed by atoms with Crippen molar-refractivity contribution in [1.29, 1.82) is 0 Å². The van der Waals surface area contributed by atoms with Gasteiger partial charge in [0.1, 0.15) is 5.76 Å². The van der Waals surface area contributed by atoms with E-state index in [2.05, 4.69) is 5.10 Å². The lowest BCUT2D eigenvalue weighted by Crippen LogP contribution is -2.11. The van der Waals surface area contributed by atoms with E-state index in [4.69, 9.17) is 10.2 Å². The van der Waals surface area contributed by atoms with Gasteiger partial charge in [-0.3, -0.25) is 4.68 Å². The molecule has 0 aromatic carbocycles. The summed E-state index contributed by atoms with van der Waals surface area (Å²) in [6, 6.07) is 3.48. The zero-order chi connectivity index (χ0) is 10.1. The molecule has 14 heavy (non-hydrogen) atoms. The number of aromatic nitrogens is 2. The topological polar surface area (TPSA) is 57.0 Å². The number of aryl methyl sites for hydroxylation is 2. The molecule has 0 aliphatic carbocycles. The fraction of sp³-hybridized carbons (Fsp3) is 0.300. The first kappa shape index (κ1) is 9.02. The molecule has 2 aromatic rings. The largest absolute Gasteiger partial charge is 0.467 e. The van der Waals surface area contributed by atoms with Gasteiger partial charge in [-0.25, -0.2) is 0 Å². The highest BCUT2D eigenvalue weighted by Crippen LogP contribution is 2.21. The number of hydrogen-bond donors (Lipinski definition) is 1. The molecular weight excluding hydrogens is 178 g/mol. The van der Waals surface area contributed by atoms with Gasteiger partial charge < -0.3 is 10.2 Å². The van der Waals surface area contributed by atoms with Crippen molar-refractivity contribution in [2.45, 2.75) is 13.0 Å². The van der Waals surface area contributed by atoms with Crippen molar-refractivity contribution in [3.8, 4) is 0 Å². The summed E-state index contributed by atoms with van der Waals surface area (Å²) in [5.41, 5.74) is 7.97. The van der Waals surface area contributed by atoms with Crippen LogP contribution in [0, 0.1) is 6.92 Å². The Labute approximate surface area is 82.3 Å². The Bertz CT molecular complexity index is 417. The average Bonchev–Trinajstić information content (AvgIpc) is 2.73. The van der Waals surface area contributed by atoms with Gasteiger partial charge in [-0.05, 0) is 19.1 Å². The quantitative estimate of drug-likeness (QED) is 0.780. The number of nitrogens with zero attached hydrogens (tertiary/aromatic N) is 2. The third-order valence-corrected chi connectivity index (χ3v) is 2.24. The molecule has 0 fully saturated rings. The van der Waals surface area contributed by atoms with Crippen LogP contribution >= 0.6 is 0 Å². The maximum atomic E-state index is 6.03. The minimum atomic E-state index is -0.223. The predicted molar refractivity (Wildman–Crippen MR) is 52.7 cm³/mol. The maximum absolute atomic E-state index is 6.03. The molecule has 2 rings (SSSR count). The van der Waals surface area contributed by atoms with E-state index in [1.165, 1.54) is 0 Å². The average molecular weight is 191 g/mol. The molecule has 0 amide bonds. The van der Waals surface area contributed by atoms with Gasteiger partial charge in [0, 0.05) is 18.8 Å². The monoisotopic (exact) mass is 191 g/mol. The number of nitrogens with two attached hydrogens (primary N) is 1. The Morgan fingerprint density at radius 1 is 1.57 bits per heavy atom. The van der Waals surface area contributed by atoms with Gasteiger partial charge in [-0.2, -0.15) is 5.10 Å². The summed E-state index contributed by atoms with van der Waals surface area (Å²) in [6.45, 7) is 1.94. The first-order valence-corrected chi connectivity index (χ1v) is 4.47. The van der Waals surface area contributed by atoms with E-state index in [1.54, 1.807) is 10.9 Å². The third kappa shape index (κ3) is 1.44. The van der Waals surface area contributed by atoms with Crippen molar-refractivity contribution < 1.29 is 4.42 Å². The number of rotatable bonds is 2. The van der Waals surface area contributed by atoms with Gasteiger partial charge in [0.05, 0.1) is 18.0 Å². The van der Waals surface area contributed by atoms with Crippen LogP contribution in [-0.2, 0) is 7.05 Å². The van der Waals surface area contributed by atoms with E-state index in [1.807, 2.05) is 32.3 Å². The standard InChI is InChI=1S/C10H13N3O/c1-7-8(6-13(2)12-7)10(11)9-4-3-5-14-9/h3-6,10H,11H2,1-2H3. The zero-order valence-electron chi connectivity index (χ0n) is 8.27. The SMILES string of the molecule is Cc1nn(C)cc1C(N)c1ccco1. The predicted octanol–water partition coefficient (Wildman–Crippen LogP) is 1.37. The lowest BCUT2D eigenvalue weighted by molar-refractivity contribution is 0.489. The molecule has 0 bridgehead atoms. The highest BCUT2D eigenvalue weighted by molar-refractivity contribution is 5.26. The number of furan rings is 1. The molecule has 2 N–H and O–H groups in total. The van der Waals surface area contributed by atoms with Crippen LogP contribution in [0.1, 0.15) is 23.1 Å². The minimum Gasteiger partial charge on any atom is -0.467 e. The lowest BCUT2D eigenvalue weighted by Gasteiger charge is -2.06. The molecule has 74 valence electrons. The Hall–Kier alpha value is -1.55. The molecule has 0 spiro atoms. The maximum Gasteiger partial charge on any atom is 0.125 e. The van der Waals surface area contributed by atoms with Gasteiger partial charge in [0.2, 0.25) is 0 Å². The third-order valence-electron chi connectivity index (χ3n) is 2.24. The minimum absolute atomic E-state index is 0.223. The van der Waals surface area contributed by atoms with Crippen molar-refractivity contribution >= 4 is 0 Å². The van der Waals surface area contributed by atoms with Crippen molar-refractivity contribution in [3.05, 3.63) is 41.6 Å². The Morgan fingerprint density at radius 3 is 2.86 bits per heavy atom. The van der Waals surface area contributed by atoms with Crippen LogP contribution in [0.3, 0.4) is 0 Å². The molecule has 1 atom stereocenters. The van der Waals surface area contributed by atoms with Crippen LogP contribution in [0.5, 0.6) is 0 Å². The molecule has 2 heterocycles. The molecule has 0 saturated heterocycles. The Morgan fingerprint density at radius 2 is 2.36 bits per heavy atom. The summed E-state index contributed by atoms with van der Waals surface area (Å²) < 4.78 is 7.01. The molecule has 0 aliphatic rings. The smallest absolute Gasteiger partial charge is 0.125 e. The second-order valence-corrected chi connectivity index (χ2v) is 3.34. The van der Waals surface area contributed by atoms with E-state index < -0.39 is 0 Å². The molecule has 0 aliphatic heterocycles. The van der Waals surface area contributed by atoms with Crippen LogP contribution < -0.4 is 5.73 Å². The highest BCUT2D eigenvalue weighted by Gasteiger charge is 2.16. The summed E-state index contributed by atoms with van der Waals surface area (Å²) >= 11 is 0. The van der Waals surface area contributed by atoms with Gasteiger partial charge in [-0.1, -0.05) is 0 Å². The summed E-state index contributed by atoms with van der Waals surface area (Å²) in [7, 11) is 1.88. The Balaban J connectivity index is 2.36. The normalized spacial score (nSPS) is 13.1. The molecule has 0 saturated carbocycles. The second kappa shape index (κ2) is 3.31. The zero-order valence-corrected chi connectivity index (χ0v) is 8.27. The van der Waals surface area contributed by atoms with E-state index >= 15 is 0 Å². The van der Waals surface area contributed by atoms with Gasteiger partial charge >= 0.3 is 0 Å². The molecule has 4 heteroatoms. The van der Waals surface area contributed by atoms with Crippen LogP contribution in [0.4, 0.5) is 0 Å². The second-order valence-electron chi connectivity index (χ2n) is 3.34. The molecule has 1 unspecified atom stereocenters. The number of hydrogen-bond acceptors (Lipinski definition) is 3. The van der Waals surface area contributed by atoms with Crippen molar-refractivity contribution in [2.24, 2.45) is 12.8 Å². The van der Waals surface area contributed by atoms with Crippen LogP contribution in [-0.4, -0.2) is 9.78 Å². The molecule has 2 aromatic heterocycles. The summed E-state index contributed by atoms with van der Waals surface area (Å²) in [4.78, 5) is 0. The fourth-order valence-electron chi connectivity index (χ4n) is 1.54. The Kier molecular flexibility index (Phi) is 2.13. The van der Waals surface area contributed by atoms with E-state index in [9.17, 15) is 0 Å². The van der Waals surface area contributed by atoms with Crippen LogP contribution in [0.25, 0.3) is 0 Å². The summed E-state index contributed by atoms with van der Waals surface area (Å²) in [5.74, 6) is 0.765. The van der Waals surface area contributed by atoms with Crippen molar-refractivity contribution in [1.82, 2.24) is 9.78 Å². The first-order chi connectivity index (χ1) is 6.68. The van der Waals surface area contributed by atoms with E-state index in [-0.39, 0.29) is 6.04 Å².